The van der Waals surface area contributed by atoms with Crippen molar-refractivity contribution >= 4 is 15.9 Å². The van der Waals surface area contributed by atoms with Gasteiger partial charge in [-0.3, -0.25) is 0 Å². The molecular weight excluding hydrogens is 318 g/mol. The van der Waals surface area contributed by atoms with E-state index in [9.17, 15) is 0 Å². The van der Waals surface area contributed by atoms with Crippen LogP contribution < -0.4 is 5.32 Å². The first kappa shape index (κ1) is 16.0. The van der Waals surface area contributed by atoms with Crippen LogP contribution in [0.15, 0.2) is 28.7 Å². The fourth-order valence-corrected chi connectivity index (χ4v) is 2.80. The molecule has 112 valence electrons. The standard InChI is InChI=1S/C16H24BrNO2/c1-12(2)18-9-15-6-7-16(20-15)11-19-10-13-4-3-5-14(17)8-13/h3-5,8,12,15-16,18H,6-7,9-11H2,1-2H3. The lowest BCUT2D eigenvalue weighted by Crippen LogP contribution is -2.32. The SMILES string of the molecule is CC(C)NCC1CCC(COCc2cccc(Br)c2)O1. The molecule has 0 saturated carbocycles. The van der Waals surface area contributed by atoms with Gasteiger partial charge in [-0.25, -0.2) is 0 Å². The molecule has 1 heterocycles. The van der Waals surface area contributed by atoms with Gasteiger partial charge in [0.05, 0.1) is 25.4 Å². The minimum absolute atomic E-state index is 0.251. The van der Waals surface area contributed by atoms with E-state index in [0.29, 0.717) is 25.4 Å². The zero-order chi connectivity index (χ0) is 14.4. The molecule has 0 bridgehead atoms. The lowest BCUT2D eigenvalue weighted by Gasteiger charge is -2.16. The summed E-state index contributed by atoms with van der Waals surface area (Å²) in [5.74, 6) is 0. The Labute approximate surface area is 130 Å². The third-order valence-corrected chi connectivity index (χ3v) is 3.90. The molecule has 1 aliphatic heterocycles. The van der Waals surface area contributed by atoms with Crippen LogP contribution in [0.25, 0.3) is 0 Å². The highest BCUT2D eigenvalue weighted by Crippen LogP contribution is 2.20. The van der Waals surface area contributed by atoms with Gasteiger partial charge in [0.1, 0.15) is 0 Å². The molecule has 1 fully saturated rings. The van der Waals surface area contributed by atoms with Crippen LogP contribution in [0, 0.1) is 0 Å². The van der Waals surface area contributed by atoms with Crippen molar-refractivity contribution in [2.75, 3.05) is 13.2 Å². The molecule has 2 unspecified atom stereocenters. The van der Waals surface area contributed by atoms with Gasteiger partial charge in [0.2, 0.25) is 0 Å². The zero-order valence-electron chi connectivity index (χ0n) is 12.3. The molecule has 3 nitrogen and oxygen atoms in total. The summed E-state index contributed by atoms with van der Waals surface area (Å²) in [5.41, 5.74) is 1.19. The van der Waals surface area contributed by atoms with Gasteiger partial charge in [0.25, 0.3) is 0 Å². The van der Waals surface area contributed by atoms with Gasteiger partial charge in [-0.05, 0) is 30.5 Å². The fourth-order valence-electron chi connectivity index (χ4n) is 2.35. The molecule has 0 radical (unpaired) electrons. The van der Waals surface area contributed by atoms with E-state index in [4.69, 9.17) is 9.47 Å². The second-order valence-electron chi connectivity index (χ2n) is 5.67. The first-order chi connectivity index (χ1) is 9.63. The van der Waals surface area contributed by atoms with Crippen molar-refractivity contribution in [2.45, 2.75) is 51.5 Å². The molecule has 0 aromatic heterocycles. The average Bonchev–Trinajstić information content (AvgIpc) is 2.84. The maximum absolute atomic E-state index is 5.98. The summed E-state index contributed by atoms with van der Waals surface area (Å²) in [5, 5.41) is 3.43. The van der Waals surface area contributed by atoms with Gasteiger partial charge >= 0.3 is 0 Å². The van der Waals surface area contributed by atoms with E-state index >= 15 is 0 Å². The van der Waals surface area contributed by atoms with Crippen molar-refractivity contribution in [3.63, 3.8) is 0 Å². The van der Waals surface area contributed by atoms with Crippen molar-refractivity contribution in [3.8, 4) is 0 Å². The molecular formula is C16H24BrNO2. The number of nitrogens with one attached hydrogen (secondary N) is 1. The van der Waals surface area contributed by atoms with Crippen molar-refractivity contribution in [2.24, 2.45) is 0 Å². The van der Waals surface area contributed by atoms with Gasteiger partial charge in [-0.2, -0.15) is 0 Å². The zero-order valence-corrected chi connectivity index (χ0v) is 13.9. The molecule has 2 atom stereocenters. The largest absolute Gasteiger partial charge is 0.374 e. The van der Waals surface area contributed by atoms with Gasteiger partial charge in [0, 0.05) is 17.1 Å². The van der Waals surface area contributed by atoms with Crippen LogP contribution in [0.5, 0.6) is 0 Å². The number of hydrogen-bond acceptors (Lipinski definition) is 3. The quantitative estimate of drug-likeness (QED) is 0.823. The predicted molar refractivity (Wildman–Crippen MR) is 84.8 cm³/mol. The lowest BCUT2D eigenvalue weighted by molar-refractivity contribution is -0.0194. The van der Waals surface area contributed by atoms with Crippen molar-refractivity contribution in [3.05, 3.63) is 34.3 Å². The van der Waals surface area contributed by atoms with E-state index in [-0.39, 0.29) is 6.10 Å². The Hall–Kier alpha value is -0.420. The van der Waals surface area contributed by atoms with Gasteiger partial charge in [-0.1, -0.05) is 41.9 Å². The van der Waals surface area contributed by atoms with Crippen molar-refractivity contribution < 1.29 is 9.47 Å². The molecule has 0 aliphatic carbocycles. The Morgan fingerprint density at radius 3 is 2.90 bits per heavy atom. The van der Waals surface area contributed by atoms with Crippen LogP contribution in [-0.2, 0) is 16.1 Å². The Bertz CT molecular complexity index is 411. The Morgan fingerprint density at radius 1 is 1.35 bits per heavy atom. The summed E-state index contributed by atoms with van der Waals surface area (Å²) in [6.45, 7) is 6.60. The van der Waals surface area contributed by atoms with Gasteiger partial charge in [-0.15, -0.1) is 0 Å². The Balaban J connectivity index is 1.63. The molecule has 4 heteroatoms. The smallest absolute Gasteiger partial charge is 0.0814 e. The summed E-state index contributed by atoms with van der Waals surface area (Å²) in [7, 11) is 0. The third-order valence-electron chi connectivity index (χ3n) is 3.41. The van der Waals surface area contributed by atoms with E-state index in [1.165, 1.54) is 5.56 Å². The number of rotatable bonds is 7. The van der Waals surface area contributed by atoms with Crippen molar-refractivity contribution in [1.29, 1.82) is 0 Å². The molecule has 1 aromatic rings. The highest BCUT2D eigenvalue weighted by Gasteiger charge is 2.25. The van der Waals surface area contributed by atoms with E-state index in [1.807, 2.05) is 12.1 Å². The Kier molecular flexibility index (Phi) is 6.49. The summed E-state index contributed by atoms with van der Waals surface area (Å²) in [4.78, 5) is 0. The first-order valence-corrected chi connectivity index (χ1v) is 8.14. The molecule has 1 saturated heterocycles. The first-order valence-electron chi connectivity index (χ1n) is 7.34. The normalized spacial score (nSPS) is 22.6. The molecule has 20 heavy (non-hydrogen) atoms. The minimum atomic E-state index is 0.251. The second kappa shape index (κ2) is 8.13. The summed E-state index contributed by atoms with van der Waals surface area (Å²) < 4.78 is 12.8. The molecule has 1 aromatic carbocycles. The maximum Gasteiger partial charge on any atom is 0.0814 e. The van der Waals surface area contributed by atoms with Gasteiger partial charge in [0.15, 0.2) is 0 Å². The van der Waals surface area contributed by atoms with Crippen LogP contribution in [-0.4, -0.2) is 31.4 Å². The molecule has 2 rings (SSSR count). The lowest BCUT2D eigenvalue weighted by atomic mass is 10.2. The third kappa shape index (κ3) is 5.52. The van der Waals surface area contributed by atoms with Crippen LogP contribution in [0.2, 0.25) is 0 Å². The van der Waals surface area contributed by atoms with Crippen LogP contribution >= 0.6 is 15.9 Å². The van der Waals surface area contributed by atoms with E-state index in [0.717, 1.165) is 23.9 Å². The minimum Gasteiger partial charge on any atom is -0.374 e. The average molecular weight is 342 g/mol. The molecule has 0 spiro atoms. The summed E-state index contributed by atoms with van der Waals surface area (Å²) in [6, 6.07) is 8.74. The number of halogens is 1. The molecule has 1 aliphatic rings. The fraction of sp³-hybridized carbons (Fsp3) is 0.625. The van der Waals surface area contributed by atoms with Crippen LogP contribution in [0.4, 0.5) is 0 Å². The second-order valence-corrected chi connectivity index (χ2v) is 6.58. The number of hydrogen-bond donors (Lipinski definition) is 1. The Morgan fingerprint density at radius 2 is 2.15 bits per heavy atom. The maximum atomic E-state index is 5.98. The number of benzene rings is 1. The van der Waals surface area contributed by atoms with E-state index < -0.39 is 0 Å². The molecule has 0 amide bonds. The summed E-state index contributed by atoms with van der Waals surface area (Å²) in [6.07, 6.45) is 2.83. The number of ether oxygens (including phenoxy) is 2. The summed E-state index contributed by atoms with van der Waals surface area (Å²) >= 11 is 3.47. The van der Waals surface area contributed by atoms with Crippen molar-refractivity contribution in [1.82, 2.24) is 5.32 Å². The van der Waals surface area contributed by atoms with Crippen LogP contribution in [0.3, 0.4) is 0 Å². The van der Waals surface area contributed by atoms with E-state index in [1.54, 1.807) is 0 Å². The van der Waals surface area contributed by atoms with Crippen LogP contribution in [0.1, 0.15) is 32.3 Å². The van der Waals surface area contributed by atoms with Gasteiger partial charge < -0.3 is 14.8 Å². The topological polar surface area (TPSA) is 30.5 Å². The monoisotopic (exact) mass is 341 g/mol. The highest BCUT2D eigenvalue weighted by atomic mass is 79.9. The predicted octanol–water partition coefficient (Wildman–Crippen LogP) is 3.51. The van der Waals surface area contributed by atoms with E-state index in [2.05, 4.69) is 47.2 Å². The molecule has 1 N–H and O–H groups in total. The highest BCUT2D eigenvalue weighted by molar-refractivity contribution is 9.10.